The highest BCUT2D eigenvalue weighted by Crippen LogP contribution is 2.29. The van der Waals surface area contributed by atoms with Crippen LogP contribution < -0.4 is 4.74 Å². The molecule has 0 amide bonds. The number of aromatic hydroxyl groups is 1. The number of H-pyrrole nitrogens is 1. The molecular weight excluding hydrogens is 336 g/mol. The first-order valence-corrected chi connectivity index (χ1v) is 9.04. The maximum Gasteiger partial charge on any atom is 0.207 e. The Hall–Kier alpha value is -2.54. The van der Waals surface area contributed by atoms with Crippen molar-refractivity contribution in [3.05, 3.63) is 59.2 Å². The highest BCUT2D eigenvalue weighted by Gasteiger charge is 2.09. The van der Waals surface area contributed by atoms with Crippen LogP contribution in [-0.4, -0.2) is 25.7 Å². The number of benzene rings is 2. The van der Waals surface area contributed by atoms with Crippen molar-refractivity contribution in [2.45, 2.75) is 37.3 Å². The number of phenolic OH excluding ortho intramolecular Hbond substituents is 1. The molecule has 0 saturated carbocycles. The van der Waals surface area contributed by atoms with E-state index in [2.05, 4.69) is 45.7 Å². The summed E-state index contributed by atoms with van der Waals surface area (Å²) in [6.07, 6.45) is 1.70. The number of nitrogens with one attached hydrogen (secondary N) is 1. The summed E-state index contributed by atoms with van der Waals surface area (Å²) >= 11 is 1.54. The zero-order valence-corrected chi connectivity index (χ0v) is 14.7. The maximum absolute atomic E-state index is 9.97. The normalized spacial score (nSPS) is 10.8. The van der Waals surface area contributed by atoms with Crippen LogP contribution in [0.4, 0.5) is 0 Å². The average molecular weight is 355 g/mol. The van der Waals surface area contributed by atoms with Gasteiger partial charge in [0.05, 0.1) is 0 Å². The number of nitrogens with zero attached hydrogens (tertiary/aromatic N) is 3. The van der Waals surface area contributed by atoms with Gasteiger partial charge in [-0.25, -0.2) is 5.10 Å². The predicted molar refractivity (Wildman–Crippen MR) is 95.5 cm³/mol. The molecule has 1 radical (unpaired) electrons. The minimum absolute atomic E-state index is 0.171. The third kappa shape index (κ3) is 4.73. The van der Waals surface area contributed by atoms with E-state index in [0.717, 1.165) is 29.7 Å². The SMILES string of the molecule is CCCc1c(O)[c]ccc1OCc1cccc(CSc2nnn[nH]2)c1. The van der Waals surface area contributed by atoms with Crippen LogP contribution in [0.1, 0.15) is 30.0 Å². The summed E-state index contributed by atoms with van der Waals surface area (Å²) in [5, 5.41) is 24.4. The van der Waals surface area contributed by atoms with Crippen LogP contribution in [0.25, 0.3) is 0 Å². The zero-order chi connectivity index (χ0) is 17.5. The average Bonchev–Trinajstić information content (AvgIpc) is 3.15. The Kier molecular flexibility index (Phi) is 5.90. The lowest BCUT2D eigenvalue weighted by Gasteiger charge is -2.13. The summed E-state index contributed by atoms with van der Waals surface area (Å²) < 4.78 is 5.94. The van der Waals surface area contributed by atoms with E-state index < -0.39 is 0 Å². The Morgan fingerprint density at radius 1 is 1.28 bits per heavy atom. The van der Waals surface area contributed by atoms with Crippen molar-refractivity contribution < 1.29 is 9.84 Å². The molecule has 0 spiro atoms. The topological polar surface area (TPSA) is 83.9 Å². The molecule has 6 nitrogen and oxygen atoms in total. The molecule has 0 fully saturated rings. The second kappa shape index (κ2) is 8.53. The Balaban J connectivity index is 1.64. The van der Waals surface area contributed by atoms with Gasteiger partial charge < -0.3 is 9.84 Å². The lowest BCUT2D eigenvalue weighted by molar-refractivity contribution is 0.300. The molecule has 0 atom stereocenters. The Morgan fingerprint density at radius 2 is 2.16 bits per heavy atom. The molecule has 2 aromatic carbocycles. The van der Waals surface area contributed by atoms with Crippen molar-refractivity contribution in [2.75, 3.05) is 0 Å². The van der Waals surface area contributed by atoms with Crippen LogP contribution in [-0.2, 0) is 18.8 Å². The van der Waals surface area contributed by atoms with Gasteiger partial charge in [-0.05, 0) is 40.1 Å². The fourth-order valence-corrected chi connectivity index (χ4v) is 3.14. The molecular formula is C18H19N4O2S. The molecule has 0 aliphatic heterocycles. The molecule has 2 N–H and O–H groups in total. The van der Waals surface area contributed by atoms with Gasteiger partial charge in [-0.3, -0.25) is 0 Å². The molecule has 0 bridgehead atoms. The van der Waals surface area contributed by atoms with E-state index in [4.69, 9.17) is 4.74 Å². The van der Waals surface area contributed by atoms with Gasteiger partial charge in [-0.1, -0.05) is 49.4 Å². The van der Waals surface area contributed by atoms with Crippen molar-refractivity contribution >= 4 is 11.8 Å². The number of aromatic amines is 1. The highest BCUT2D eigenvalue weighted by atomic mass is 32.2. The van der Waals surface area contributed by atoms with Gasteiger partial charge in [0.15, 0.2) is 0 Å². The minimum atomic E-state index is 0.171. The molecule has 25 heavy (non-hydrogen) atoms. The van der Waals surface area contributed by atoms with Crippen LogP contribution in [0.15, 0.2) is 41.6 Å². The second-order valence-electron chi connectivity index (χ2n) is 5.52. The highest BCUT2D eigenvalue weighted by molar-refractivity contribution is 7.98. The van der Waals surface area contributed by atoms with Gasteiger partial charge in [-0.2, -0.15) is 0 Å². The summed E-state index contributed by atoms with van der Waals surface area (Å²) in [7, 11) is 0. The van der Waals surface area contributed by atoms with E-state index in [-0.39, 0.29) is 5.75 Å². The first-order chi connectivity index (χ1) is 12.3. The lowest BCUT2D eigenvalue weighted by atomic mass is 10.1. The van der Waals surface area contributed by atoms with Crippen molar-refractivity contribution in [2.24, 2.45) is 0 Å². The van der Waals surface area contributed by atoms with Gasteiger partial charge >= 0.3 is 0 Å². The van der Waals surface area contributed by atoms with E-state index in [1.165, 1.54) is 5.56 Å². The largest absolute Gasteiger partial charge is 0.507 e. The number of hydrogen-bond acceptors (Lipinski definition) is 6. The summed E-state index contributed by atoms with van der Waals surface area (Å²) in [5.74, 6) is 1.66. The number of aromatic nitrogens is 4. The number of rotatable bonds is 8. The Morgan fingerprint density at radius 3 is 2.96 bits per heavy atom. The number of thioether (sulfide) groups is 1. The number of hydrogen-bond donors (Lipinski definition) is 2. The first kappa shape index (κ1) is 17.3. The molecule has 0 aliphatic carbocycles. The summed E-state index contributed by atoms with van der Waals surface area (Å²) in [5.41, 5.74) is 3.05. The Labute approximate surface area is 150 Å². The van der Waals surface area contributed by atoms with E-state index >= 15 is 0 Å². The summed E-state index contributed by atoms with van der Waals surface area (Å²) in [6.45, 7) is 2.52. The fourth-order valence-electron chi connectivity index (χ4n) is 2.46. The maximum atomic E-state index is 9.97. The molecule has 1 aromatic heterocycles. The van der Waals surface area contributed by atoms with Crippen molar-refractivity contribution in [1.82, 2.24) is 20.6 Å². The minimum Gasteiger partial charge on any atom is -0.507 e. The van der Waals surface area contributed by atoms with Crippen LogP contribution in [0.2, 0.25) is 0 Å². The first-order valence-electron chi connectivity index (χ1n) is 8.06. The summed E-state index contributed by atoms with van der Waals surface area (Å²) in [4.78, 5) is 0. The monoisotopic (exact) mass is 355 g/mol. The Bertz CT molecular complexity index is 809. The van der Waals surface area contributed by atoms with Crippen molar-refractivity contribution in [3.8, 4) is 11.5 Å². The molecule has 1 heterocycles. The van der Waals surface area contributed by atoms with Gasteiger partial charge in [-0.15, -0.1) is 5.10 Å². The van der Waals surface area contributed by atoms with Crippen LogP contribution in [0, 0.1) is 6.07 Å². The number of phenols is 1. The standard InChI is InChI=1S/C18H19N4O2S/c1-2-5-15-16(23)8-4-9-17(15)24-11-13-6-3-7-14(10-13)12-25-18-19-21-22-20-18/h3-4,6-7,9-10,23H,2,5,11-12H2,1H3,(H,19,20,21,22). The molecule has 0 saturated heterocycles. The molecule has 129 valence electrons. The molecule has 7 heteroatoms. The molecule has 0 aliphatic rings. The number of tetrazole rings is 1. The van der Waals surface area contributed by atoms with Gasteiger partial charge in [0, 0.05) is 17.4 Å². The van der Waals surface area contributed by atoms with Crippen LogP contribution in [0.5, 0.6) is 11.5 Å². The molecule has 0 unspecified atom stereocenters. The second-order valence-corrected chi connectivity index (χ2v) is 6.49. The van der Waals surface area contributed by atoms with Gasteiger partial charge in [0.1, 0.15) is 18.1 Å². The zero-order valence-electron chi connectivity index (χ0n) is 13.9. The smallest absolute Gasteiger partial charge is 0.207 e. The summed E-state index contributed by atoms with van der Waals surface area (Å²) in [6, 6.07) is 14.5. The quantitative estimate of drug-likeness (QED) is 0.602. The fraction of sp³-hybridized carbons (Fsp3) is 0.278. The molecule has 3 aromatic rings. The van der Waals surface area contributed by atoms with Crippen molar-refractivity contribution in [1.29, 1.82) is 0 Å². The third-order valence-electron chi connectivity index (χ3n) is 3.63. The number of ether oxygens (including phenoxy) is 1. The lowest BCUT2D eigenvalue weighted by Crippen LogP contribution is -1.99. The van der Waals surface area contributed by atoms with Crippen LogP contribution >= 0.6 is 11.8 Å². The third-order valence-corrected chi connectivity index (χ3v) is 4.55. The van der Waals surface area contributed by atoms with Gasteiger partial charge in [0.25, 0.3) is 0 Å². The van der Waals surface area contributed by atoms with E-state index in [0.29, 0.717) is 17.5 Å². The van der Waals surface area contributed by atoms with E-state index in [1.54, 1.807) is 17.8 Å². The van der Waals surface area contributed by atoms with E-state index in [1.807, 2.05) is 18.2 Å². The predicted octanol–water partition coefficient (Wildman–Crippen LogP) is 3.53. The van der Waals surface area contributed by atoms with Crippen LogP contribution in [0.3, 0.4) is 0 Å². The van der Waals surface area contributed by atoms with Crippen molar-refractivity contribution in [3.63, 3.8) is 0 Å². The molecule has 3 rings (SSSR count). The van der Waals surface area contributed by atoms with Gasteiger partial charge in [0.2, 0.25) is 5.16 Å². The van der Waals surface area contributed by atoms with E-state index in [9.17, 15) is 5.11 Å².